The highest BCUT2D eigenvalue weighted by atomic mass is 19.1. The van der Waals surface area contributed by atoms with E-state index < -0.39 is 0 Å². The van der Waals surface area contributed by atoms with Crippen LogP contribution in [0, 0.1) is 12.7 Å². The number of carbonyl (C=O) groups is 1. The van der Waals surface area contributed by atoms with Gasteiger partial charge in [0.1, 0.15) is 12.4 Å². The summed E-state index contributed by atoms with van der Waals surface area (Å²) >= 11 is 0. The molecular weight excluding hydrogens is 333 g/mol. The van der Waals surface area contributed by atoms with Gasteiger partial charge in [-0.05, 0) is 42.7 Å². The molecule has 1 aromatic heterocycles. The zero-order valence-electron chi connectivity index (χ0n) is 15.0. The van der Waals surface area contributed by atoms with Gasteiger partial charge in [0.25, 0.3) is 0 Å². The fourth-order valence-electron chi connectivity index (χ4n) is 3.08. The van der Waals surface area contributed by atoms with E-state index in [2.05, 4.69) is 5.32 Å². The Morgan fingerprint density at radius 1 is 1.12 bits per heavy atom. The summed E-state index contributed by atoms with van der Waals surface area (Å²) in [6.45, 7) is 4.56. The number of hydrogen-bond acceptors (Lipinski definition) is 2. The second kappa shape index (κ2) is 7.56. The number of aryl methyl sites for hydroxylation is 2. The number of halogens is 1. The molecule has 2 aromatic carbocycles. The van der Waals surface area contributed by atoms with Crippen molar-refractivity contribution in [3.63, 3.8) is 0 Å². The number of imidazole rings is 1. The molecule has 3 aromatic rings. The zero-order valence-corrected chi connectivity index (χ0v) is 15.0. The van der Waals surface area contributed by atoms with E-state index in [1.165, 1.54) is 10.6 Å². The number of para-hydroxylation sites is 2. The predicted molar refractivity (Wildman–Crippen MR) is 99.5 cm³/mol. The lowest BCUT2D eigenvalue weighted by Crippen LogP contribution is -2.32. The zero-order chi connectivity index (χ0) is 18.7. The van der Waals surface area contributed by atoms with Gasteiger partial charge in [0, 0.05) is 13.1 Å². The third kappa shape index (κ3) is 3.54. The van der Waals surface area contributed by atoms with E-state index in [1.54, 1.807) is 23.6 Å². The van der Waals surface area contributed by atoms with Crippen molar-refractivity contribution in [2.24, 2.45) is 0 Å². The van der Waals surface area contributed by atoms with Crippen LogP contribution in [0.2, 0.25) is 0 Å². The number of hydrogen-bond donors (Lipinski definition) is 1. The number of benzene rings is 2. The van der Waals surface area contributed by atoms with Crippen LogP contribution in [0.4, 0.5) is 4.39 Å². The Morgan fingerprint density at radius 2 is 1.81 bits per heavy atom. The van der Waals surface area contributed by atoms with E-state index in [9.17, 15) is 14.0 Å². The molecule has 1 amide bonds. The number of fused-ring (bicyclic) bond motifs is 1. The van der Waals surface area contributed by atoms with E-state index in [-0.39, 0.29) is 24.0 Å². The molecule has 5 nitrogen and oxygen atoms in total. The molecule has 0 bridgehead atoms. The Kier molecular flexibility index (Phi) is 5.21. The van der Waals surface area contributed by atoms with Crippen LogP contribution in [0.5, 0.6) is 0 Å². The molecule has 0 unspecified atom stereocenters. The molecule has 0 atom stereocenters. The van der Waals surface area contributed by atoms with Crippen molar-refractivity contribution in [3.05, 3.63) is 69.9 Å². The molecule has 0 radical (unpaired) electrons. The average molecular weight is 355 g/mol. The van der Waals surface area contributed by atoms with Crippen LogP contribution in [-0.2, 0) is 24.4 Å². The Bertz CT molecular complexity index is 1000. The molecule has 0 aliphatic carbocycles. The number of aromatic nitrogens is 2. The first-order valence-corrected chi connectivity index (χ1v) is 8.71. The summed E-state index contributed by atoms with van der Waals surface area (Å²) in [4.78, 5) is 25.0. The van der Waals surface area contributed by atoms with E-state index in [4.69, 9.17) is 0 Å². The van der Waals surface area contributed by atoms with E-state index >= 15 is 0 Å². The van der Waals surface area contributed by atoms with Crippen molar-refractivity contribution in [1.82, 2.24) is 14.5 Å². The first kappa shape index (κ1) is 17.9. The predicted octanol–water partition coefficient (Wildman–Crippen LogP) is 2.98. The van der Waals surface area contributed by atoms with Gasteiger partial charge in [-0.3, -0.25) is 13.9 Å². The lowest BCUT2D eigenvalue weighted by atomic mass is 10.1. The number of amides is 1. The van der Waals surface area contributed by atoms with Crippen molar-refractivity contribution < 1.29 is 9.18 Å². The minimum atomic E-state index is -0.268. The molecule has 0 aliphatic heterocycles. The van der Waals surface area contributed by atoms with Crippen LogP contribution >= 0.6 is 0 Å². The van der Waals surface area contributed by atoms with Crippen molar-refractivity contribution in [2.45, 2.75) is 39.9 Å². The summed E-state index contributed by atoms with van der Waals surface area (Å²) in [5.41, 5.74) is 2.76. The second-order valence-electron chi connectivity index (χ2n) is 6.37. The maximum atomic E-state index is 13.3. The average Bonchev–Trinajstić information content (AvgIpc) is 2.89. The molecule has 3 rings (SSSR count). The highest BCUT2D eigenvalue weighted by molar-refractivity contribution is 5.80. The summed E-state index contributed by atoms with van der Waals surface area (Å²) < 4.78 is 16.5. The van der Waals surface area contributed by atoms with Crippen LogP contribution in [-0.4, -0.2) is 15.0 Å². The van der Waals surface area contributed by atoms with Crippen molar-refractivity contribution in [1.29, 1.82) is 0 Å². The van der Waals surface area contributed by atoms with Crippen LogP contribution < -0.4 is 11.0 Å². The lowest BCUT2D eigenvalue weighted by Gasteiger charge is -2.07. The van der Waals surface area contributed by atoms with Gasteiger partial charge in [0.05, 0.1) is 11.0 Å². The second-order valence-corrected chi connectivity index (χ2v) is 6.37. The smallest absolute Gasteiger partial charge is 0.329 e. The third-order valence-corrected chi connectivity index (χ3v) is 4.39. The van der Waals surface area contributed by atoms with Crippen LogP contribution in [0.25, 0.3) is 11.0 Å². The minimum Gasteiger partial charge on any atom is -0.350 e. The summed E-state index contributed by atoms with van der Waals surface area (Å²) in [7, 11) is 0. The Balaban J connectivity index is 1.78. The maximum absolute atomic E-state index is 13.3. The van der Waals surface area contributed by atoms with Gasteiger partial charge in [0.15, 0.2) is 0 Å². The van der Waals surface area contributed by atoms with Gasteiger partial charge >= 0.3 is 5.69 Å². The third-order valence-electron chi connectivity index (χ3n) is 4.39. The summed E-state index contributed by atoms with van der Waals surface area (Å²) in [5, 5.41) is 2.80. The number of nitrogens with one attached hydrogen (secondary N) is 1. The number of rotatable bonds is 6. The largest absolute Gasteiger partial charge is 0.350 e. The highest BCUT2D eigenvalue weighted by Crippen LogP contribution is 2.13. The van der Waals surface area contributed by atoms with Gasteiger partial charge in [0.2, 0.25) is 5.91 Å². The highest BCUT2D eigenvalue weighted by Gasteiger charge is 2.14. The standard InChI is InChI=1S/C20H22FN3O2/c1-3-10-23-17-6-4-5-7-18(17)24(20(23)26)13-19(25)22-12-15-8-9-16(21)14(2)11-15/h4-9,11H,3,10,12-13H2,1-2H3,(H,22,25). The van der Waals surface area contributed by atoms with Gasteiger partial charge in [-0.25, -0.2) is 9.18 Å². The number of nitrogens with zero attached hydrogens (tertiary/aromatic N) is 2. The Hall–Kier alpha value is -2.89. The van der Waals surface area contributed by atoms with Crippen LogP contribution in [0.15, 0.2) is 47.3 Å². The lowest BCUT2D eigenvalue weighted by molar-refractivity contribution is -0.121. The summed E-state index contributed by atoms with van der Waals surface area (Å²) in [6, 6.07) is 12.2. The minimum absolute atomic E-state index is 0.0454. The van der Waals surface area contributed by atoms with Crippen LogP contribution in [0.3, 0.4) is 0 Å². The summed E-state index contributed by atoms with van der Waals surface area (Å²) in [5.74, 6) is -0.524. The molecule has 1 heterocycles. The topological polar surface area (TPSA) is 56.0 Å². The quantitative estimate of drug-likeness (QED) is 0.739. The van der Waals surface area contributed by atoms with Crippen molar-refractivity contribution in [3.8, 4) is 0 Å². The van der Waals surface area contributed by atoms with Crippen LogP contribution in [0.1, 0.15) is 24.5 Å². The van der Waals surface area contributed by atoms with E-state index in [0.29, 0.717) is 18.7 Å². The molecule has 26 heavy (non-hydrogen) atoms. The Morgan fingerprint density at radius 3 is 2.46 bits per heavy atom. The van der Waals surface area contributed by atoms with E-state index in [0.717, 1.165) is 23.0 Å². The SMILES string of the molecule is CCCn1c(=O)n(CC(=O)NCc2ccc(F)c(C)c2)c2ccccc21. The first-order chi connectivity index (χ1) is 12.5. The number of carbonyl (C=O) groups excluding carboxylic acids is 1. The Labute approximate surface area is 151 Å². The molecule has 136 valence electrons. The van der Waals surface area contributed by atoms with Gasteiger partial charge < -0.3 is 5.32 Å². The molecule has 0 saturated carbocycles. The molecule has 0 fully saturated rings. The molecule has 0 saturated heterocycles. The molecule has 6 heteroatoms. The first-order valence-electron chi connectivity index (χ1n) is 8.71. The normalized spacial score (nSPS) is 11.0. The fraction of sp³-hybridized carbons (Fsp3) is 0.300. The molecule has 1 N–H and O–H groups in total. The van der Waals surface area contributed by atoms with Gasteiger partial charge in [-0.15, -0.1) is 0 Å². The van der Waals surface area contributed by atoms with Gasteiger partial charge in [-0.2, -0.15) is 0 Å². The molecular formula is C20H22FN3O2. The maximum Gasteiger partial charge on any atom is 0.329 e. The van der Waals surface area contributed by atoms with Crippen molar-refractivity contribution >= 4 is 16.9 Å². The molecule has 0 spiro atoms. The van der Waals surface area contributed by atoms with Crippen molar-refractivity contribution in [2.75, 3.05) is 0 Å². The fourth-order valence-corrected chi connectivity index (χ4v) is 3.08. The summed E-state index contributed by atoms with van der Waals surface area (Å²) in [6.07, 6.45) is 0.837. The monoisotopic (exact) mass is 355 g/mol. The molecule has 0 aliphatic rings. The van der Waals surface area contributed by atoms with Gasteiger partial charge in [-0.1, -0.05) is 31.2 Å². The van der Waals surface area contributed by atoms with E-state index in [1.807, 2.05) is 31.2 Å².